The van der Waals surface area contributed by atoms with E-state index in [2.05, 4.69) is 4.72 Å². The van der Waals surface area contributed by atoms with Gasteiger partial charge in [0.15, 0.2) is 12.4 Å². The van der Waals surface area contributed by atoms with E-state index in [9.17, 15) is 18.0 Å². The van der Waals surface area contributed by atoms with Gasteiger partial charge in [-0.2, -0.15) is 0 Å². The van der Waals surface area contributed by atoms with Crippen LogP contribution in [0, 0.1) is 6.92 Å². The first-order valence-electron chi connectivity index (χ1n) is 8.88. The Balaban J connectivity index is 1.72. The van der Waals surface area contributed by atoms with Gasteiger partial charge < -0.3 is 9.47 Å². The molecule has 28 heavy (non-hydrogen) atoms. The summed E-state index contributed by atoms with van der Waals surface area (Å²) in [6.07, 6.45) is 0.739. The summed E-state index contributed by atoms with van der Waals surface area (Å²) in [6, 6.07) is 9.32. The Morgan fingerprint density at radius 3 is 2.71 bits per heavy atom. The predicted octanol–water partition coefficient (Wildman–Crippen LogP) is 2.27. The van der Waals surface area contributed by atoms with Gasteiger partial charge in [0.2, 0.25) is 10.0 Å². The van der Waals surface area contributed by atoms with Gasteiger partial charge in [-0.25, -0.2) is 17.9 Å². The largest absolute Gasteiger partial charge is 0.493 e. The van der Waals surface area contributed by atoms with Crippen LogP contribution in [0.1, 0.15) is 38.8 Å². The van der Waals surface area contributed by atoms with Crippen molar-refractivity contribution < 1.29 is 27.5 Å². The lowest BCUT2D eigenvalue weighted by atomic mass is 10.1. The molecule has 1 aliphatic rings. The van der Waals surface area contributed by atoms with Gasteiger partial charge in [-0.3, -0.25) is 4.79 Å². The van der Waals surface area contributed by atoms with Gasteiger partial charge in [0, 0.05) is 18.5 Å². The van der Waals surface area contributed by atoms with Crippen molar-refractivity contribution in [3.8, 4) is 5.75 Å². The van der Waals surface area contributed by atoms with Crippen LogP contribution in [-0.2, 0) is 21.2 Å². The zero-order valence-electron chi connectivity index (χ0n) is 15.7. The number of ketones is 1. The summed E-state index contributed by atoms with van der Waals surface area (Å²) < 4.78 is 37.2. The van der Waals surface area contributed by atoms with Gasteiger partial charge in [-0.1, -0.05) is 13.0 Å². The van der Waals surface area contributed by atoms with Crippen LogP contribution >= 0.6 is 0 Å². The standard InChI is InChI=1S/C20H21NO6S/c1-3-21-28(24,25)16-6-4-13(2)17(11-16)20(23)27-12-18(22)14-5-7-19-15(10-14)8-9-26-19/h4-7,10-11,21H,3,8-9,12H2,1-2H3. The van der Waals surface area contributed by atoms with Crippen LogP contribution in [0.4, 0.5) is 0 Å². The number of Topliss-reactive ketones (excluding diaryl/α,β-unsaturated/α-hetero) is 1. The number of sulfonamides is 1. The highest BCUT2D eigenvalue weighted by molar-refractivity contribution is 7.89. The molecule has 0 fully saturated rings. The minimum Gasteiger partial charge on any atom is -0.493 e. The van der Waals surface area contributed by atoms with E-state index in [1.807, 2.05) is 0 Å². The van der Waals surface area contributed by atoms with Crippen molar-refractivity contribution in [3.63, 3.8) is 0 Å². The highest BCUT2D eigenvalue weighted by Crippen LogP contribution is 2.26. The number of hydrogen-bond acceptors (Lipinski definition) is 6. The Hall–Kier alpha value is -2.71. The van der Waals surface area contributed by atoms with Crippen molar-refractivity contribution in [2.45, 2.75) is 25.2 Å². The lowest BCUT2D eigenvalue weighted by Crippen LogP contribution is -2.23. The average Bonchev–Trinajstić information content (AvgIpc) is 3.13. The smallest absolute Gasteiger partial charge is 0.338 e. The van der Waals surface area contributed by atoms with Crippen LogP contribution in [0.15, 0.2) is 41.3 Å². The first-order valence-corrected chi connectivity index (χ1v) is 10.4. The van der Waals surface area contributed by atoms with E-state index in [-0.39, 0.29) is 22.8 Å². The summed E-state index contributed by atoms with van der Waals surface area (Å²) in [4.78, 5) is 24.7. The summed E-state index contributed by atoms with van der Waals surface area (Å²) in [5.74, 6) is -0.316. The van der Waals surface area contributed by atoms with E-state index in [0.717, 1.165) is 17.7 Å². The summed E-state index contributed by atoms with van der Waals surface area (Å²) in [5.41, 5.74) is 2.06. The predicted molar refractivity (Wildman–Crippen MR) is 102 cm³/mol. The lowest BCUT2D eigenvalue weighted by molar-refractivity contribution is 0.0473. The molecule has 0 saturated carbocycles. The van der Waals surface area contributed by atoms with Gasteiger partial charge in [0.05, 0.1) is 17.1 Å². The molecule has 8 heteroatoms. The van der Waals surface area contributed by atoms with Crippen LogP contribution in [0.2, 0.25) is 0 Å². The number of carbonyl (C=O) groups is 2. The van der Waals surface area contributed by atoms with Crippen LogP contribution in [-0.4, -0.2) is 39.9 Å². The minimum absolute atomic E-state index is 0.0307. The SMILES string of the molecule is CCNS(=O)(=O)c1ccc(C)c(C(=O)OCC(=O)c2ccc3c(c2)CCO3)c1. The summed E-state index contributed by atoms with van der Waals surface area (Å²) in [6.45, 7) is 3.73. The van der Waals surface area contributed by atoms with Crippen molar-refractivity contribution in [1.82, 2.24) is 4.72 Å². The maximum absolute atomic E-state index is 12.4. The Kier molecular flexibility index (Phi) is 5.81. The molecule has 148 valence electrons. The molecule has 2 aromatic carbocycles. The molecular weight excluding hydrogens is 382 g/mol. The second kappa shape index (κ2) is 8.12. The summed E-state index contributed by atoms with van der Waals surface area (Å²) in [7, 11) is -3.70. The van der Waals surface area contributed by atoms with Gasteiger partial charge in [-0.15, -0.1) is 0 Å². The third kappa shape index (κ3) is 4.23. The maximum atomic E-state index is 12.4. The number of rotatable bonds is 7. The molecule has 0 amide bonds. The Bertz CT molecular complexity index is 1030. The normalized spacial score (nSPS) is 12.9. The number of ether oxygens (including phenoxy) is 2. The van der Waals surface area contributed by atoms with E-state index < -0.39 is 22.6 Å². The average molecular weight is 403 g/mol. The molecule has 0 aromatic heterocycles. The van der Waals surface area contributed by atoms with Gasteiger partial charge in [0.25, 0.3) is 0 Å². The highest BCUT2D eigenvalue weighted by Gasteiger charge is 2.20. The first kappa shape index (κ1) is 20.0. The number of hydrogen-bond donors (Lipinski definition) is 1. The minimum atomic E-state index is -3.70. The maximum Gasteiger partial charge on any atom is 0.338 e. The zero-order valence-corrected chi connectivity index (χ0v) is 16.5. The Morgan fingerprint density at radius 1 is 1.18 bits per heavy atom. The van der Waals surface area contributed by atoms with E-state index in [4.69, 9.17) is 9.47 Å². The van der Waals surface area contributed by atoms with E-state index >= 15 is 0 Å². The number of benzene rings is 2. The number of fused-ring (bicyclic) bond motifs is 1. The molecular formula is C20H21NO6S. The number of esters is 1. The summed E-state index contributed by atoms with van der Waals surface area (Å²) >= 11 is 0. The number of carbonyl (C=O) groups excluding carboxylic acids is 2. The molecule has 0 saturated heterocycles. The first-order chi connectivity index (χ1) is 13.3. The molecule has 0 spiro atoms. The molecule has 0 atom stereocenters. The molecule has 1 N–H and O–H groups in total. The molecule has 0 radical (unpaired) electrons. The van der Waals surface area contributed by atoms with Crippen LogP contribution in [0.3, 0.4) is 0 Å². The van der Waals surface area contributed by atoms with Crippen LogP contribution in [0.25, 0.3) is 0 Å². The van der Waals surface area contributed by atoms with Crippen molar-refractivity contribution >= 4 is 21.8 Å². The van der Waals surface area contributed by atoms with Crippen molar-refractivity contribution in [2.75, 3.05) is 19.8 Å². The molecule has 0 aliphatic carbocycles. The Morgan fingerprint density at radius 2 is 1.96 bits per heavy atom. The van der Waals surface area contributed by atoms with Gasteiger partial charge >= 0.3 is 5.97 Å². The molecule has 7 nitrogen and oxygen atoms in total. The third-order valence-corrected chi connectivity index (χ3v) is 5.96. The monoisotopic (exact) mass is 403 g/mol. The van der Waals surface area contributed by atoms with Crippen LogP contribution in [0.5, 0.6) is 5.75 Å². The van der Waals surface area contributed by atoms with Crippen molar-refractivity contribution in [3.05, 3.63) is 58.7 Å². The topological polar surface area (TPSA) is 98.8 Å². The van der Waals surface area contributed by atoms with E-state index in [0.29, 0.717) is 17.7 Å². The molecule has 3 rings (SSSR count). The molecule has 1 heterocycles. The molecule has 2 aromatic rings. The molecule has 0 bridgehead atoms. The quantitative estimate of drug-likeness (QED) is 0.562. The van der Waals surface area contributed by atoms with E-state index in [1.165, 1.54) is 18.2 Å². The zero-order chi connectivity index (χ0) is 20.3. The fourth-order valence-electron chi connectivity index (χ4n) is 2.91. The summed E-state index contributed by atoms with van der Waals surface area (Å²) in [5, 5.41) is 0. The van der Waals surface area contributed by atoms with Crippen molar-refractivity contribution in [2.24, 2.45) is 0 Å². The fourth-order valence-corrected chi connectivity index (χ4v) is 3.98. The van der Waals surface area contributed by atoms with E-state index in [1.54, 1.807) is 32.0 Å². The third-order valence-electron chi connectivity index (χ3n) is 4.42. The molecule has 0 unspecified atom stereocenters. The van der Waals surface area contributed by atoms with Crippen LogP contribution < -0.4 is 9.46 Å². The Labute approximate surface area is 163 Å². The fraction of sp³-hybridized carbons (Fsp3) is 0.300. The highest BCUT2D eigenvalue weighted by atomic mass is 32.2. The second-order valence-corrected chi connectivity index (χ2v) is 8.17. The van der Waals surface area contributed by atoms with Crippen molar-refractivity contribution in [1.29, 1.82) is 0 Å². The number of aryl methyl sites for hydroxylation is 1. The lowest BCUT2D eigenvalue weighted by Gasteiger charge is -2.10. The molecule has 1 aliphatic heterocycles. The van der Waals surface area contributed by atoms with Gasteiger partial charge in [-0.05, 0) is 48.4 Å². The number of nitrogens with one attached hydrogen (secondary N) is 1. The van der Waals surface area contributed by atoms with Gasteiger partial charge in [0.1, 0.15) is 5.75 Å². The second-order valence-electron chi connectivity index (χ2n) is 6.40.